The highest BCUT2D eigenvalue weighted by Crippen LogP contribution is 2.32. The highest BCUT2D eigenvalue weighted by Gasteiger charge is 2.21. The number of hydrogen-bond donors (Lipinski definition) is 1. The summed E-state index contributed by atoms with van der Waals surface area (Å²) in [5.74, 6) is 2.88. The molecule has 1 N–H and O–H groups in total. The van der Waals surface area contributed by atoms with Crippen LogP contribution in [0.2, 0.25) is 15.1 Å². The minimum absolute atomic E-state index is 0.268. The average molecular weight is 577 g/mol. The molecule has 0 atom stereocenters. The molecule has 0 amide bonds. The van der Waals surface area contributed by atoms with Gasteiger partial charge in [0.05, 0.1) is 11.2 Å². The molecule has 0 spiro atoms. The standard InChI is InChI=1S/C26H28Cl3N7O2/c27-19-5-7-21(8-6-19)37-13-14-38-23-18(15-20(28)16-22(23)29)17-30-34-24-31-25(35-9-1-2-10-35)33-26(32-24)36-11-3-4-12-36/h5-8,15-17H,1-4,9-14H2,(H,31,32,33,34)/b30-17+. The fourth-order valence-corrected chi connectivity index (χ4v) is 5.03. The van der Waals surface area contributed by atoms with E-state index in [0.717, 1.165) is 51.9 Å². The lowest BCUT2D eigenvalue weighted by molar-refractivity contribution is 0.217. The van der Waals surface area contributed by atoms with Crippen LogP contribution in [0.15, 0.2) is 41.5 Å². The summed E-state index contributed by atoms with van der Waals surface area (Å²) in [6.07, 6.45) is 6.12. The summed E-state index contributed by atoms with van der Waals surface area (Å²) in [5, 5.41) is 5.86. The molecule has 12 heteroatoms. The van der Waals surface area contributed by atoms with Crippen LogP contribution in [0.25, 0.3) is 0 Å². The van der Waals surface area contributed by atoms with Gasteiger partial charge in [0.15, 0.2) is 0 Å². The van der Waals surface area contributed by atoms with E-state index in [-0.39, 0.29) is 6.61 Å². The summed E-state index contributed by atoms with van der Waals surface area (Å²) in [6.45, 7) is 4.35. The van der Waals surface area contributed by atoms with Gasteiger partial charge in [-0.1, -0.05) is 34.8 Å². The van der Waals surface area contributed by atoms with Crippen LogP contribution in [-0.2, 0) is 0 Å². The van der Waals surface area contributed by atoms with Crippen molar-refractivity contribution in [2.24, 2.45) is 5.10 Å². The third-order valence-electron chi connectivity index (χ3n) is 6.21. The molecule has 38 heavy (non-hydrogen) atoms. The molecule has 2 fully saturated rings. The summed E-state index contributed by atoms with van der Waals surface area (Å²) in [7, 11) is 0. The van der Waals surface area contributed by atoms with Gasteiger partial charge in [0.2, 0.25) is 17.8 Å². The number of nitrogens with one attached hydrogen (secondary N) is 1. The predicted molar refractivity (Wildman–Crippen MR) is 153 cm³/mol. The topological polar surface area (TPSA) is 88.0 Å². The molecule has 0 bridgehead atoms. The largest absolute Gasteiger partial charge is 0.490 e. The van der Waals surface area contributed by atoms with Crippen molar-refractivity contribution in [2.45, 2.75) is 25.7 Å². The number of ether oxygens (including phenoxy) is 2. The van der Waals surface area contributed by atoms with Crippen molar-refractivity contribution in [1.82, 2.24) is 15.0 Å². The second-order valence-corrected chi connectivity index (χ2v) is 10.3. The van der Waals surface area contributed by atoms with Gasteiger partial charge in [0.1, 0.15) is 24.7 Å². The van der Waals surface area contributed by atoms with E-state index in [1.807, 2.05) is 0 Å². The van der Waals surface area contributed by atoms with E-state index >= 15 is 0 Å². The number of nitrogens with zero attached hydrogens (tertiary/aromatic N) is 6. The molecule has 0 unspecified atom stereocenters. The zero-order valence-electron chi connectivity index (χ0n) is 20.7. The molecule has 2 aliphatic heterocycles. The van der Waals surface area contributed by atoms with Gasteiger partial charge in [-0.25, -0.2) is 5.43 Å². The molecule has 3 aromatic rings. The van der Waals surface area contributed by atoms with Gasteiger partial charge in [-0.3, -0.25) is 0 Å². The molecule has 200 valence electrons. The number of hydrogen-bond acceptors (Lipinski definition) is 9. The molecule has 1 aromatic heterocycles. The fraction of sp³-hybridized carbons (Fsp3) is 0.385. The van der Waals surface area contributed by atoms with Crippen LogP contribution < -0.4 is 24.7 Å². The predicted octanol–water partition coefficient (Wildman–Crippen LogP) is 5.94. The molecular weight excluding hydrogens is 549 g/mol. The average Bonchev–Trinajstić information content (AvgIpc) is 3.64. The van der Waals surface area contributed by atoms with Gasteiger partial charge >= 0.3 is 0 Å². The van der Waals surface area contributed by atoms with Crippen molar-refractivity contribution in [2.75, 3.05) is 54.6 Å². The Bertz CT molecular complexity index is 1230. The summed E-state index contributed by atoms with van der Waals surface area (Å²) < 4.78 is 11.6. The second-order valence-electron chi connectivity index (χ2n) is 8.97. The Balaban J connectivity index is 1.27. The Kier molecular flexibility index (Phi) is 8.88. The molecule has 5 rings (SSSR count). The van der Waals surface area contributed by atoms with Gasteiger partial charge in [-0.05, 0) is 62.1 Å². The first-order valence-electron chi connectivity index (χ1n) is 12.6. The molecule has 2 saturated heterocycles. The van der Waals surface area contributed by atoms with Gasteiger partial charge in [-0.2, -0.15) is 20.1 Å². The first-order valence-corrected chi connectivity index (χ1v) is 13.7. The Labute approximate surface area is 236 Å². The molecule has 3 heterocycles. The molecule has 0 aliphatic carbocycles. The Hall–Kier alpha value is -3.01. The maximum Gasteiger partial charge on any atom is 0.250 e. The maximum atomic E-state index is 6.44. The minimum atomic E-state index is 0.268. The number of aromatic nitrogens is 3. The molecular formula is C26H28Cl3N7O2. The Morgan fingerprint density at radius 1 is 0.789 bits per heavy atom. The monoisotopic (exact) mass is 575 g/mol. The van der Waals surface area contributed by atoms with Crippen LogP contribution in [0.1, 0.15) is 31.2 Å². The molecule has 0 radical (unpaired) electrons. The summed E-state index contributed by atoms with van der Waals surface area (Å²) in [6, 6.07) is 10.5. The van der Waals surface area contributed by atoms with Gasteiger partial charge in [0.25, 0.3) is 0 Å². The summed E-state index contributed by atoms with van der Waals surface area (Å²) >= 11 is 18.6. The van der Waals surface area contributed by atoms with Crippen LogP contribution in [0.4, 0.5) is 17.8 Å². The molecule has 2 aromatic carbocycles. The van der Waals surface area contributed by atoms with Crippen molar-refractivity contribution in [3.63, 3.8) is 0 Å². The maximum absolute atomic E-state index is 6.44. The number of halogens is 3. The van der Waals surface area contributed by atoms with Crippen molar-refractivity contribution in [3.8, 4) is 11.5 Å². The van der Waals surface area contributed by atoms with E-state index in [1.165, 1.54) is 0 Å². The minimum Gasteiger partial charge on any atom is -0.490 e. The van der Waals surface area contributed by atoms with Crippen LogP contribution in [-0.4, -0.2) is 60.6 Å². The van der Waals surface area contributed by atoms with Crippen molar-refractivity contribution in [1.29, 1.82) is 0 Å². The van der Waals surface area contributed by atoms with Crippen LogP contribution in [0, 0.1) is 0 Å². The number of rotatable bonds is 10. The highest BCUT2D eigenvalue weighted by atomic mass is 35.5. The first-order chi connectivity index (χ1) is 18.5. The lowest BCUT2D eigenvalue weighted by atomic mass is 10.2. The lowest BCUT2D eigenvalue weighted by Gasteiger charge is -2.20. The Morgan fingerprint density at radius 2 is 1.39 bits per heavy atom. The highest BCUT2D eigenvalue weighted by molar-refractivity contribution is 6.36. The third-order valence-corrected chi connectivity index (χ3v) is 6.96. The van der Waals surface area contributed by atoms with Crippen molar-refractivity contribution < 1.29 is 9.47 Å². The van der Waals surface area contributed by atoms with E-state index in [1.54, 1.807) is 42.6 Å². The van der Waals surface area contributed by atoms with Crippen LogP contribution >= 0.6 is 34.8 Å². The number of benzene rings is 2. The third kappa shape index (κ3) is 6.89. The molecule has 0 saturated carbocycles. The zero-order valence-corrected chi connectivity index (χ0v) is 23.0. The van der Waals surface area contributed by atoms with Gasteiger partial charge in [-0.15, -0.1) is 0 Å². The fourth-order valence-electron chi connectivity index (χ4n) is 4.34. The normalized spacial score (nSPS) is 15.4. The van der Waals surface area contributed by atoms with E-state index in [9.17, 15) is 0 Å². The van der Waals surface area contributed by atoms with E-state index in [4.69, 9.17) is 49.3 Å². The number of anilines is 3. The van der Waals surface area contributed by atoms with E-state index < -0.39 is 0 Å². The second kappa shape index (κ2) is 12.7. The Morgan fingerprint density at radius 3 is 2.03 bits per heavy atom. The quantitative estimate of drug-likeness (QED) is 0.180. The SMILES string of the molecule is Clc1ccc(OCCOc2c(Cl)cc(Cl)cc2/C=N/Nc2nc(N3CCCC3)nc(N3CCCC3)n2)cc1. The van der Waals surface area contributed by atoms with E-state index in [0.29, 0.717) is 56.6 Å². The number of hydrazone groups is 1. The summed E-state index contributed by atoms with van der Waals surface area (Å²) in [5.41, 5.74) is 3.56. The van der Waals surface area contributed by atoms with Gasteiger partial charge < -0.3 is 19.3 Å². The van der Waals surface area contributed by atoms with Crippen molar-refractivity contribution >= 4 is 58.9 Å². The lowest BCUT2D eigenvalue weighted by Crippen LogP contribution is -2.25. The summed E-state index contributed by atoms with van der Waals surface area (Å²) in [4.78, 5) is 18.3. The van der Waals surface area contributed by atoms with E-state index in [2.05, 4.69) is 30.3 Å². The van der Waals surface area contributed by atoms with Crippen molar-refractivity contribution in [3.05, 3.63) is 57.0 Å². The van der Waals surface area contributed by atoms with Crippen LogP contribution in [0.5, 0.6) is 11.5 Å². The van der Waals surface area contributed by atoms with Gasteiger partial charge in [0, 0.05) is 41.8 Å². The molecule has 2 aliphatic rings. The first kappa shape index (κ1) is 26.6. The van der Waals surface area contributed by atoms with Crippen LogP contribution in [0.3, 0.4) is 0 Å². The molecule has 9 nitrogen and oxygen atoms in total. The zero-order chi connectivity index (χ0) is 26.3. The smallest absolute Gasteiger partial charge is 0.250 e.